The third-order valence-electron chi connectivity index (χ3n) is 13.6. The number of carbonyl (C=O) groups excluding carboxylic acids is 4. The molecule has 1 aromatic carbocycles. The van der Waals surface area contributed by atoms with E-state index in [4.69, 9.17) is 4.74 Å². The molecule has 0 bridgehead atoms. The van der Waals surface area contributed by atoms with Crippen molar-refractivity contribution in [3.05, 3.63) is 65.2 Å². The lowest BCUT2D eigenvalue weighted by Gasteiger charge is -2.36. The number of hydrogen-bond acceptors (Lipinski definition) is 11. The van der Waals surface area contributed by atoms with Gasteiger partial charge in [-0.1, -0.05) is 18.2 Å². The van der Waals surface area contributed by atoms with E-state index in [9.17, 15) is 33.1 Å². The van der Waals surface area contributed by atoms with Crippen LogP contribution in [0.15, 0.2) is 42.9 Å². The summed E-state index contributed by atoms with van der Waals surface area (Å²) in [5.41, 5.74) is 2.75. The number of hydrogen-bond donors (Lipinski definition) is 3. The van der Waals surface area contributed by atoms with E-state index in [1.165, 1.54) is 16.9 Å². The van der Waals surface area contributed by atoms with Gasteiger partial charge in [-0.05, 0) is 87.3 Å². The van der Waals surface area contributed by atoms with Gasteiger partial charge in [0.15, 0.2) is 11.3 Å². The molecule has 7 heterocycles. The van der Waals surface area contributed by atoms with Crippen molar-refractivity contribution in [1.29, 1.82) is 0 Å². The lowest BCUT2D eigenvalue weighted by Crippen LogP contribution is -2.44. The number of β-amino-alcohol motifs (C(OH)–C–C–N with tert-alkyl or cyclic N) is 1. The van der Waals surface area contributed by atoms with Crippen LogP contribution >= 0.6 is 0 Å². The Balaban J connectivity index is 0.721. The number of aliphatic hydroxyl groups is 1. The number of nitrogens with zero attached hydrogens (tertiary/aromatic N) is 8. The predicted molar refractivity (Wildman–Crippen MR) is 224 cm³/mol. The van der Waals surface area contributed by atoms with Crippen molar-refractivity contribution in [1.82, 2.24) is 34.6 Å². The van der Waals surface area contributed by atoms with Crippen LogP contribution in [0.25, 0.3) is 5.65 Å². The molecule has 4 aliphatic heterocycles. The maximum Gasteiger partial charge on any atom is 0.284 e. The molecule has 3 N–H and O–H groups in total. The van der Waals surface area contributed by atoms with Gasteiger partial charge in [-0.15, -0.1) is 0 Å². The van der Waals surface area contributed by atoms with Crippen LogP contribution in [-0.4, -0.2) is 117 Å². The Hall–Kier alpha value is -5.33. The summed E-state index contributed by atoms with van der Waals surface area (Å²) in [6.07, 6.45) is 9.67. The molecule has 4 amide bonds. The molecule has 9 rings (SSSR count). The Morgan fingerprint density at radius 1 is 1.03 bits per heavy atom. The van der Waals surface area contributed by atoms with Crippen LogP contribution in [0.4, 0.5) is 26.0 Å². The van der Waals surface area contributed by atoms with Gasteiger partial charge in [0.1, 0.15) is 11.4 Å². The number of aromatic nitrogens is 5. The molecule has 4 aromatic rings. The quantitative estimate of drug-likeness (QED) is 0.126. The maximum absolute atomic E-state index is 14.2. The highest BCUT2D eigenvalue weighted by Gasteiger charge is 2.45. The second kappa shape index (κ2) is 17.8. The number of anilines is 3. The van der Waals surface area contributed by atoms with Crippen molar-refractivity contribution in [2.24, 2.45) is 11.8 Å². The number of nitrogens with one attached hydrogen (secondary N) is 2. The van der Waals surface area contributed by atoms with Crippen LogP contribution in [0, 0.1) is 11.8 Å². The predicted octanol–water partition coefficient (Wildman–Crippen LogP) is 4.64. The molecule has 3 aromatic heterocycles. The third-order valence-corrected chi connectivity index (χ3v) is 13.6. The molecule has 5 aliphatic rings. The van der Waals surface area contributed by atoms with Crippen LogP contribution in [0.3, 0.4) is 0 Å². The fraction of sp³-hybridized carbons (Fsp3) is 0.568. The van der Waals surface area contributed by atoms with Gasteiger partial charge >= 0.3 is 0 Å². The van der Waals surface area contributed by atoms with Crippen molar-refractivity contribution < 1.29 is 37.8 Å². The Bertz CT molecular complexity index is 2320. The number of carbonyl (C=O) groups is 4. The number of amides is 4. The summed E-state index contributed by atoms with van der Waals surface area (Å²) < 4.78 is 37.9. The number of fused-ring (bicyclic) bond motifs is 2. The zero-order valence-corrected chi connectivity index (χ0v) is 34.9. The fourth-order valence-electron chi connectivity index (χ4n) is 10.3. The van der Waals surface area contributed by atoms with E-state index in [-0.39, 0.29) is 47.5 Å². The average Bonchev–Trinajstić information content (AvgIpc) is 4.06. The molecule has 0 spiro atoms. The van der Waals surface area contributed by atoms with Crippen LogP contribution < -0.4 is 20.4 Å². The molecule has 18 heteroatoms. The van der Waals surface area contributed by atoms with Gasteiger partial charge in [-0.25, -0.2) is 18.3 Å². The van der Waals surface area contributed by atoms with Crippen molar-refractivity contribution in [3.8, 4) is 0 Å². The van der Waals surface area contributed by atoms with Crippen molar-refractivity contribution >= 4 is 46.5 Å². The second-order valence-electron chi connectivity index (χ2n) is 17.6. The monoisotopic (exact) mass is 856 g/mol. The van der Waals surface area contributed by atoms with Gasteiger partial charge in [0.2, 0.25) is 17.7 Å². The largest absolute Gasteiger partial charge is 0.391 e. The SMILES string of the molecule is CN1C(=O)C(C2CCC(=O)NC2=O)c2cccc(CCCOC3CCN(C[C@H]4CC[C@H](n5cc(NC(=O)c6cnn7ccc(N8CC[C@@H](O)C8)nc67)c(C(F)F)n5)CC4)CC3)c21. The van der Waals surface area contributed by atoms with E-state index in [0.717, 1.165) is 87.8 Å². The number of halogens is 2. The average molecular weight is 857 g/mol. The number of likely N-dealkylation sites (N-methyl/N-ethyl adjacent to an activating group) is 1. The Labute approximate surface area is 357 Å². The Morgan fingerprint density at radius 2 is 1.84 bits per heavy atom. The molecule has 2 unspecified atom stereocenters. The minimum absolute atomic E-state index is 0.0248. The molecule has 1 aliphatic carbocycles. The number of para-hydroxylation sites is 1. The number of imide groups is 1. The normalized spacial score (nSPS) is 25.0. The number of alkyl halides is 2. The first-order valence-corrected chi connectivity index (χ1v) is 22.0. The van der Waals surface area contributed by atoms with E-state index in [2.05, 4.69) is 30.7 Å². The minimum atomic E-state index is -2.87. The first-order valence-electron chi connectivity index (χ1n) is 22.0. The van der Waals surface area contributed by atoms with Gasteiger partial charge < -0.3 is 29.9 Å². The number of ether oxygens (including phenoxy) is 1. The summed E-state index contributed by atoms with van der Waals surface area (Å²) in [5, 5.41) is 23.5. The van der Waals surface area contributed by atoms with Crippen LogP contribution in [0.1, 0.15) is 110 Å². The Kier molecular flexibility index (Phi) is 12.1. The highest BCUT2D eigenvalue weighted by Crippen LogP contribution is 2.45. The van der Waals surface area contributed by atoms with E-state index in [1.54, 1.807) is 28.9 Å². The smallest absolute Gasteiger partial charge is 0.284 e. The fourth-order valence-corrected chi connectivity index (χ4v) is 10.3. The number of likely N-dealkylation sites (tertiary alicyclic amines) is 1. The molecule has 0 radical (unpaired) electrons. The Morgan fingerprint density at radius 3 is 2.58 bits per heavy atom. The third kappa shape index (κ3) is 8.56. The maximum atomic E-state index is 14.2. The first-order chi connectivity index (χ1) is 30.0. The standard InChI is InChI=1S/C44H54F2N10O6/c1-52-39-27(4-2-6-31(39)37(44(52)61)32-11-12-36(58)50-42(32)59)5-3-21-62-30-14-17-53(18-15-30)23-26-7-9-28(10-8-26)56-25-34(38(51-56)40(45)46)48-43(60)33-22-47-55-20-16-35(49-41(33)55)54-19-13-29(57)24-54/h2,4,6,16,20,22,25-26,28-30,32,37,40,57H,3,5,7-15,17-19,21,23-24H2,1H3,(H,48,60)(H,50,58,59)/t26-,28-,29-,32?,37?/m1/s1. The molecular weight excluding hydrogens is 803 g/mol. The van der Waals surface area contributed by atoms with Gasteiger partial charge in [0.05, 0.1) is 47.7 Å². The van der Waals surface area contributed by atoms with Gasteiger partial charge in [0, 0.05) is 65.2 Å². The summed E-state index contributed by atoms with van der Waals surface area (Å²) in [6.45, 7) is 4.59. The molecule has 3 saturated heterocycles. The molecule has 330 valence electrons. The summed E-state index contributed by atoms with van der Waals surface area (Å²) in [4.78, 5) is 61.9. The number of aryl methyl sites for hydroxylation is 1. The van der Waals surface area contributed by atoms with Crippen molar-refractivity contribution in [3.63, 3.8) is 0 Å². The number of piperidine rings is 2. The summed E-state index contributed by atoms with van der Waals surface area (Å²) >= 11 is 0. The van der Waals surface area contributed by atoms with Crippen molar-refractivity contribution in [2.75, 3.05) is 61.5 Å². The minimum Gasteiger partial charge on any atom is -0.391 e. The number of aliphatic hydroxyl groups excluding tert-OH is 1. The van der Waals surface area contributed by atoms with Gasteiger partial charge in [0.25, 0.3) is 12.3 Å². The highest BCUT2D eigenvalue weighted by molar-refractivity contribution is 6.10. The lowest BCUT2D eigenvalue weighted by molar-refractivity contribution is -0.139. The summed E-state index contributed by atoms with van der Waals surface area (Å²) in [7, 11) is 1.76. The molecule has 3 atom stereocenters. The number of benzene rings is 1. The zero-order chi connectivity index (χ0) is 43.1. The first kappa shape index (κ1) is 42.0. The van der Waals surface area contributed by atoms with Crippen molar-refractivity contribution in [2.45, 2.75) is 101 Å². The van der Waals surface area contributed by atoms with E-state index in [0.29, 0.717) is 49.9 Å². The molecule has 16 nitrogen and oxygen atoms in total. The van der Waals surface area contributed by atoms with Crippen LogP contribution in [0.5, 0.6) is 0 Å². The molecule has 1 saturated carbocycles. The number of rotatable bonds is 13. The highest BCUT2D eigenvalue weighted by atomic mass is 19.3. The lowest BCUT2D eigenvalue weighted by atomic mass is 9.81. The second-order valence-corrected chi connectivity index (χ2v) is 17.6. The molecule has 62 heavy (non-hydrogen) atoms. The van der Waals surface area contributed by atoms with Gasteiger partial charge in [-0.3, -0.25) is 29.2 Å². The summed E-state index contributed by atoms with van der Waals surface area (Å²) in [5.74, 6) is -1.39. The molecular formula is C44H54F2N10O6. The van der Waals surface area contributed by atoms with E-state index < -0.39 is 36.0 Å². The topological polar surface area (TPSA) is 180 Å². The van der Waals surface area contributed by atoms with Crippen LogP contribution in [0.2, 0.25) is 0 Å². The zero-order valence-electron chi connectivity index (χ0n) is 34.9. The van der Waals surface area contributed by atoms with Gasteiger partial charge in [-0.2, -0.15) is 10.2 Å². The summed E-state index contributed by atoms with van der Waals surface area (Å²) in [6, 6.07) is 7.63. The van der Waals surface area contributed by atoms with E-state index in [1.807, 2.05) is 23.1 Å². The van der Waals surface area contributed by atoms with E-state index >= 15 is 0 Å². The van der Waals surface area contributed by atoms with Crippen LogP contribution in [-0.2, 0) is 25.5 Å². The molecule has 4 fully saturated rings.